The van der Waals surface area contributed by atoms with Crippen LogP contribution in [0.1, 0.15) is 43.9 Å². The molecule has 1 heterocycles. The SMILES string of the molecule is COCCn1ncc(Cl)c1C(O)C1(O)CCCCC1. The summed E-state index contributed by atoms with van der Waals surface area (Å²) >= 11 is 6.10. The highest BCUT2D eigenvalue weighted by atomic mass is 35.5. The highest BCUT2D eigenvalue weighted by molar-refractivity contribution is 6.31. The summed E-state index contributed by atoms with van der Waals surface area (Å²) in [6.45, 7) is 0.988. The number of methoxy groups -OCH3 is 1. The lowest BCUT2D eigenvalue weighted by atomic mass is 9.79. The van der Waals surface area contributed by atoms with Crippen molar-refractivity contribution >= 4 is 11.6 Å². The molecule has 2 N–H and O–H groups in total. The maximum absolute atomic E-state index is 10.6. The van der Waals surface area contributed by atoms with Gasteiger partial charge in [-0.05, 0) is 12.8 Å². The van der Waals surface area contributed by atoms with E-state index in [9.17, 15) is 10.2 Å². The number of hydrogen-bond donors (Lipinski definition) is 2. The third-order valence-corrected chi connectivity index (χ3v) is 4.12. The van der Waals surface area contributed by atoms with Crippen LogP contribution in [-0.4, -0.2) is 39.3 Å². The molecule has 0 radical (unpaired) electrons. The summed E-state index contributed by atoms with van der Waals surface area (Å²) in [6, 6.07) is 0. The minimum Gasteiger partial charge on any atom is -0.387 e. The van der Waals surface area contributed by atoms with Crippen molar-refractivity contribution in [3.8, 4) is 0 Å². The fourth-order valence-electron chi connectivity index (χ4n) is 2.69. The first-order valence-electron chi connectivity index (χ1n) is 6.69. The van der Waals surface area contributed by atoms with Gasteiger partial charge in [0.2, 0.25) is 0 Å². The van der Waals surface area contributed by atoms with Gasteiger partial charge in [0.05, 0.1) is 35.7 Å². The van der Waals surface area contributed by atoms with Gasteiger partial charge in [-0.3, -0.25) is 4.68 Å². The normalized spacial score (nSPS) is 20.4. The fraction of sp³-hybridized carbons (Fsp3) is 0.769. The van der Waals surface area contributed by atoms with E-state index < -0.39 is 11.7 Å². The summed E-state index contributed by atoms with van der Waals surface area (Å²) in [6.07, 6.45) is 4.65. The zero-order valence-electron chi connectivity index (χ0n) is 11.2. The Balaban J connectivity index is 2.21. The number of nitrogens with zero attached hydrogens (tertiary/aromatic N) is 2. The van der Waals surface area contributed by atoms with E-state index in [1.165, 1.54) is 6.20 Å². The number of hydrogen-bond acceptors (Lipinski definition) is 4. The van der Waals surface area contributed by atoms with Crippen molar-refractivity contribution in [3.05, 3.63) is 16.9 Å². The van der Waals surface area contributed by atoms with Crippen LogP contribution >= 0.6 is 11.6 Å². The average molecular weight is 289 g/mol. The van der Waals surface area contributed by atoms with Crippen LogP contribution < -0.4 is 0 Å². The van der Waals surface area contributed by atoms with Crippen LogP contribution in [-0.2, 0) is 11.3 Å². The summed E-state index contributed by atoms with van der Waals surface area (Å²) in [4.78, 5) is 0. The van der Waals surface area contributed by atoms with E-state index in [-0.39, 0.29) is 0 Å². The van der Waals surface area contributed by atoms with Gasteiger partial charge in [0.1, 0.15) is 6.10 Å². The summed E-state index contributed by atoms with van der Waals surface area (Å²) in [5, 5.41) is 25.6. The topological polar surface area (TPSA) is 67.5 Å². The van der Waals surface area contributed by atoms with Crippen molar-refractivity contribution in [3.63, 3.8) is 0 Å². The van der Waals surface area contributed by atoms with E-state index in [2.05, 4.69) is 5.10 Å². The summed E-state index contributed by atoms with van der Waals surface area (Å²) in [7, 11) is 1.61. The van der Waals surface area contributed by atoms with Crippen molar-refractivity contribution in [2.45, 2.75) is 50.4 Å². The molecule has 0 aromatic carbocycles. The van der Waals surface area contributed by atoms with Gasteiger partial charge in [-0.1, -0.05) is 30.9 Å². The van der Waals surface area contributed by atoms with Crippen molar-refractivity contribution < 1.29 is 14.9 Å². The monoisotopic (exact) mass is 288 g/mol. The molecule has 1 saturated carbocycles. The Morgan fingerprint density at radius 1 is 1.47 bits per heavy atom. The molecule has 6 heteroatoms. The van der Waals surface area contributed by atoms with E-state index in [1.54, 1.807) is 11.8 Å². The number of ether oxygens (including phenoxy) is 1. The standard InChI is InChI=1S/C13H21ClN2O3/c1-19-8-7-16-11(10(14)9-15-16)12(17)13(18)5-3-2-4-6-13/h9,12,17-18H,2-8H2,1H3. The molecule has 0 amide bonds. The van der Waals surface area contributed by atoms with Crippen molar-refractivity contribution in [1.29, 1.82) is 0 Å². The van der Waals surface area contributed by atoms with Crippen molar-refractivity contribution in [2.24, 2.45) is 0 Å². The third-order valence-electron chi connectivity index (χ3n) is 3.83. The molecule has 1 atom stereocenters. The number of rotatable bonds is 5. The van der Waals surface area contributed by atoms with Crippen LogP contribution in [0.25, 0.3) is 0 Å². The van der Waals surface area contributed by atoms with Crippen LogP contribution in [0.4, 0.5) is 0 Å². The minimum absolute atomic E-state index is 0.391. The molecule has 1 fully saturated rings. The predicted octanol–water partition coefficient (Wildman–Crippen LogP) is 1.91. The molecule has 5 nitrogen and oxygen atoms in total. The first kappa shape index (κ1) is 14.8. The quantitative estimate of drug-likeness (QED) is 0.868. The number of aromatic nitrogens is 2. The Morgan fingerprint density at radius 2 is 2.16 bits per heavy atom. The maximum Gasteiger partial charge on any atom is 0.126 e. The number of aliphatic hydroxyl groups excluding tert-OH is 1. The Hall–Kier alpha value is -0.620. The molecule has 0 bridgehead atoms. The Morgan fingerprint density at radius 3 is 2.79 bits per heavy atom. The third kappa shape index (κ3) is 3.11. The average Bonchev–Trinajstić information content (AvgIpc) is 2.77. The molecule has 1 aliphatic rings. The molecule has 1 aliphatic carbocycles. The Bertz CT molecular complexity index is 416. The lowest BCUT2D eigenvalue weighted by Gasteiger charge is -2.36. The first-order valence-corrected chi connectivity index (χ1v) is 7.07. The predicted molar refractivity (Wildman–Crippen MR) is 72.1 cm³/mol. The fourth-order valence-corrected chi connectivity index (χ4v) is 2.94. The van der Waals surface area contributed by atoms with Crippen molar-refractivity contribution in [1.82, 2.24) is 9.78 Å². The molecule has 0 saturated heterocycles. The van der Waals surface area contributed by atoms with Crippen LogP contribution in [0.5, 0.6) is 0 Å². The lowest BCUT2D eigenvalue weighted by molar-refractivity contribution is -0.102. The van der Waals surface area contributed by atoms with Crippen LogP contribution in [0.15, 0.2) is 6.20 Å². The smallest absolute Gasteiger partial charge is 0.126 e. The summed E-state index contributed by atoms with van der Waals surface area (Å²) < 4.78 is 6.63. The van der Waals surface area contributed by atoms with Gasteiger partial charge < -0.3 is 14.9 Å². The molecule has 1 aromatic rings. The maximum atomic E-state index is 10.6. The second kappa shape index (κ2) is 6.22. The molecule has 19 heavy (non-hydrogen) atoms. The van der Waals surface area contributed by atoms with Crippen LogP contribution in [0.2, 0.25) is 5.02 Å². The summed E-state index contributed by atoms with van der Waals surface area (Å²) in [5.41, 5.74) is -0.602. The molecular weight excluding hydrogens is 268 g/mol. The minimum atomic E-state index is -1.09. The van der Waals surface area contributed by atoms with Gasteiger partial charge >= 0.3 is 0 Å². The molecule has 1 unspecified atom stereocenters. The highest BCUT2D eigenvalue weighted by Gasteiger charge is 2.40. The molecule has 1 aromatic heterocycles. The van der Waals surface area contributed by atoms with Gasteiger partial charge in [0, 0.05) is 7.11 Å². The van der Waals surface area contributed by atoms with Crippen molar-refractivity contribution in [2.75, 3.05) is 13.7 Å². The van der Waals surface area contributed by atoms with Gasteiger partial charge in [0.25, 0.3) is 0 Å². The van der Waals surface area contributed by atoms with Gasteiger partial charge in [-0.15, -0.1) is 0 Å². The Labute approximate surface area is 118 Å². The van der Waals surface area contributed by atoms with E-state index in [0.29, 0.717) is 36.7 Å². The van der Waals surface area contributed by atoms with Gasteiger partial charge in [0.15, 0.2) is 0 Å². The molecule has 108 valence electrons. The van der Waals surface area contributed by atoms with Crippen LogP contribution in [0, 0.1) is 0 Å². The molecule has 2 rings (SSSR count). The van der Waals surface area contributed by atoms with Gasteiger partial charge in [-0.2, -0.15) is 5.10 Å². The molecule has 0 spiro atoms. The zero-order chi connectivity index (χ0) is 13.9. The number of aliphatic hydroxyl groups is 2. The van der Waals surface area contributed by atoms with Gasteiger partial charge in [-0.25, -0.2) is 0 Å². The zero-order valence-corrected chi connectivity index (χ0v) is 11.9. The Kier molecular flexibility index (Phi) is 4.84. The highest BCUT2D eigenvalue weighted by Crippen LogP contribution is 2.40. The van der Waals surface area contributed by atoms with Crippen LogP contribution in [0.3, 0.4) is 0 Å². The van der Waals surface area contributed by atoms with E-state index >= 15 is 0 Å². The second-order valence-electron chi connectivity index (χ2n) is 5.16. The number of halogens is 1. The first-order chi connectivity index (χ1) is 9.08. The lowest BCUT2D eigenvalue weighted by Crippen LogP contribution is -2.39. The second-order valence-corrected chi connectivity index (χ2v) is 5.57. The summed E-state index contributed by atoms with van der Waals surface area (Å²) in [5.74, 6) is 0. The van der Waals surface area contributed by atoms with E-state index in [0.717, 1.165) is 19.3 Å². The largest absolute Gasteiger partial charge is 0.387 e. The van der Waals surface area contributed by atoms with E-state index in [1.807, 2.05) is 0 Å². The molecule has 0 aliphatic heterocycles. The van der Waals surface area contributed by atoms with E-state index in [4.69, 9.17) is 16.3 Å². The molecular formula is C13H21ClN2O3.